The van der Waals surface area contributed by atoms with Crippen LogP contribution in [0.25, 0.3) is 0 Å². The second kappa shape index (κ2) is 7.91. The lowest BCUT2D eigenvalue weighted by molar-refractivity contribution is 0.0687. The van der Waals surface area contributed by atoms with Crippen LogP contribution in [0.15, 0.2) is 46.9 Å². The Labute approximate surface area is 156 Å². The number of nitrogens with zero attached hydrogens (tertiary/aromatic N) is 1. The first-order valence-electron chi connectivity index (χ1n) is 8.47. The molecule has 1 fully saturated rings. The molecule has 25 heavy (non-hydrogen) atoms. The molecule has 1 aliphatic rings. The number of carbonyl (C=O) groups excluding carboxylic acids is 1. The van der Waals surface area contributed by atoms with Crippen molar-refractivity contribution in [1.29, 1.82) is 0 Å². The summed E-state index contributed by atoms with van der Waals surface area (Å²) in [5.74, 6) is 1.39. The Balaban J connectivity index is 1.57. The van der Waals surface area contributed by atoms with Gasteiger partial charge in [-0.2, -0.15) is 0 Å². The molecule has 0 aromatic heterocycles. The number of aromatic hydroxyl groups is 1. The fourth-order valence-corrected chi connectivity index (χ4v) is 3.65. The van der Waals surface area contributed by atoms with Gasteiger partial charge in [0.25, 0.3) is 5.91 Å². The average Bonchev–Trinajstić information content (AvgIpc) is 2.64. The monoisotopic (exact) mass is 403 g/mol. The number of amides is 1. The van der Waals surface area contributed by atoms with Crippen LogP contribution in [0.4, 0.5) is 0 Å². The van der Waals surface area contributed by atoms with E-state index in [1.165, 1.54) is 5.56 Å². The summed E-state index contributed by atoms with van der Waals surface area (Å²) in [7, 11) is 1.67. The third kappa shape index (κ3) is 4.34. The molecule has 2 aromatic carbocycles. The molecule has 1 N–H and O–H groups in total. The molecule has 0 atom stereocenters. The molecule has 5 heteroatoms. The molecule has 0 aliphatic carbocycles. The second-order valence-corrected chi connectivity index (χ2v) is 7.36. The van der Waals surface area contributed by atoms with Crippen LogP contribution in [-0.2, 0) is 6.42 Å². The van der Waals surface area contributed by atoms with E-state index in [-0.39, 0.29) is 11.7 Å². The lowest BCUT2D eigenvalue weighted by Gasteiger charge is -2.32. The first-order valence-corrected chi connectivity index (χ1v) is 9.27. The molecular weight excluding hydrogens is 382 g/mol. The Hall–Kier alpha value is -2.01. The number of methoxy groups -OCH3 is 1. The summed E-state index contributed by atoms with van der Waals surface area (Å²) in [4.78, 5) is 14.5. The van der Waals surface area contributed by atoms with E-state index >= 15 is 0 Å². The normalized spacial score (nSPS) is 15.2. The van der Waals surface area contributed by atoms with Gasteiger partial charge in [-0.15, -0.1) is 0 Å². The molecule has 1 saturated heterocycles. The van der Waals surface area contributed by atoms with Crippen LogP contribution in [0.1, 0.15) is 28.8 Å². The molecule has 1 amide bonds. The summed E-state index contributed by atoms with van der Waals surface area (Å²) in [5, 5.41) is 9.95. The minimum atomic E-state index is -0.0957. The van der Waals surface area contributed by atoms with Crippen molar-refractivity contribution in [2.75, 3.05) is 20.2 Å². The number of phenols is 1. The number of phenolic OH excluding ortho intramolecular Hbond substituents is 1. The molecule has 0 bridgehead atoms. The van der Waals surface area contributed by atoms with Gasteiger partial charge in [0.05, 0.1) is 12.7 Å². The zero-order valence-electron chi connectivity index (χ0n) is 14.2. The molecule has 0 radical (unpaired) electrons. The van der Waals surface area contributed by atoms with Gasteiger partial charge in [0.15, 0.2) is 0 Å². The van der Waals surface area contributed by atoms with Crippen molar-refractivity contribution >= 4 is 21.8 Å². The van der Waals surface area contributed by atoms with Crippen LogP contribution in [0.2, 0.25) is 0 Å². The Morgan fingerprint density at radius 1 is 1.20 bits per heavy atom. The fraction of sp³-hybridized carbons (Fsp3) is 0.350. The van der Waals surface area contributed by atoms with Crippen molar-refractivity contribution in [2.24, 2.45) is 5.92 Å². The van der Waals surface area contributed by atoms with E-state index in [2.05, 4.69) is 28.1 Å². The third-order valence-corrected chi connectivity index (χ3v) is 5.27. The molecule has 0 unspecified atom stereocenters. The van der Waals surface area contributed by atoms with Crippen LogP contribution in [-0.4, -0.2) is 36.1 Å². The molecule has 132 valence electrons. The molecular formula is C20H22BrNO3. The van der Waals surface area contributed by atoms with Gasteiger partial charge >= 0.3 is 0 Å². The van der Waals surface area contributed by atoms with Crippen LogP contribution < -0.4 is 4.74 Å². The maximum Gasteiger partial charge on any atom is 0.257 e. The molecule has 3 rings (SSSR count). The van der Waals surface area contributed by atoms with Gasteiger partial charge in [0.2, 0.25) is 0 Å². The number of hydrogen-bond donors (Lipinski definition) is 1. The van der Waals surface area contributed by atoms with Crippen molar-refractivity contribution in [3.05, 3.63) is 58.1 Å². The predicted octanol–water partition coefficient (Wildman–Crippen LogP) is 4.26. The quantitative estimate of drug-likeness (QED) is 0.829. The number of rotatable bonds is 4. The largest absolute Gasteiger partial charge is 0.507 e. The van der Waals surface area contributed by atoms with E-state index in [1.807, 2.05) is 17.0 Å². The third-order valence-electron chi connectivity index (χ3n) is 4.77. The molecule has 4 nitrogen and oxygen atoms in total. The first-order chi connectivity index (χ1) is 12.1. The Morgan fingerprint density at radius 3 is 2.52 bits per heavy atom. The van der Waals surface area contributed by atoms with Crippen LogP contribution in [0.5, 0.6) is 11.5 Å². The van der Waals surface area contributed by atoms with Crippen molar-refractivity contribution in [2.45, 2.75) is 19.3 Å². The Morgan fingerprint density at radius 2 is 1.88 bits per heavy atom. The number of ether oxygens (including phenoxy) is 1. The van der Waals surface area contributed by atoms with Gasteiger partial charge in [-0.25, -0.2) is 0 Å². The number of hydrogen-bond acceptors (Lipinski definition) is 3. The van der Waals surface area contributed by atoms with Gasteiger partial charge in [-0.3, -0.25) is 4.79 Å². The van der Waals surface area contributed by atoms with Crippen molar-refractivity contribution in [1.82, 2.24) is 4.90 Å². The van der Waals surface area contributed by atoms with Crippen molar-refractivity contribution in [3.8, 4) is 11.5 Å². The highest BCUT2D eigenvalue weighted by Gasteiger charge is 2.25. The van der Waals surface area contributed by atoms with E-state index in [0.29, 0.717) is 11.5 Å². The van der Waals surface area contributed by atoms with Crippen molar-refractivity contribution in [3.63, 3.8) is 0 Å². The van der Waals surface area contributed by atoms with E-state index in [9.17, 15) is 9.90 Å². The minimum absolute atomic E-state index is 0.0357. The fourth-order valence-electron chi connectivity index (χ4n) is 3.29. The topological polar surface area (TPSA) is 49.8 Å². The number of benzene rings is 2. The second-order valence-electron chi connectivity index (χ2n) is 6.45. The average molecular weight is 404 g/mol. The van der Waals surface area contributed by atoms with E-state index in [1.54, 1.807) is 25.3 Å². The van der Waals surface area contributed by atoms with E-state index in [0.717, 1.165) is 42.6 Å². The van der Waals surface area contributed by atoms with Gasteiger partial charge < -0.3 is 14.7 Å². The van der Waals surface area contributed by atoms with Gasteiger partial charge in [-0.05, 0) is 61.1 Å². The summed E-state index contributed by atoms with van der Waals surface area (Å²) in [6.45, 7) is 1.46. The number of halogens is 1. The van der Waals surface area contributed by atoms with Crippen LogP contribution in [0, 0.1) is 5.92 Å². The number of piperidine rings is 1. The van der Waals surface area contributed by atoms with Crippen LogP contribution >= 0.6 is 15.9 Å². The summed E-state index contributed by atoms with van der Waals surface area (Å²) in [6, 6.07) is 13.2. The van der Waals surface area contributed by atoms with Gasteiger partial charge in [0.1, 0.15) is 11.5 Å². The predicted molar refractivity (Wildman–Crippen MR) is 101 cm³/mol. The summed E-state index contributed by atoms with van der Waals surface area (Å²) >= 11 is 3.35. The van der Waals surface area contributed by atoms with Gasteiger partial charge in [-0.1, -0.05) is 28.1 Å². The summed E-state index contributed by atoms with van der Waals surface area (Å²) < 4.78 is 5.99. The highest BCUT2D eigenvalue weighted by Crippen LogP contribution is 2.27. The highest BCUT2D eigenvalue weighted by molar-refractivity contribution is 9.10. The Kier molecular flexibility index (Phi) is 5.63. The molecule has 1 aliphatic heterocycles. The number of likely N-dealkylation sites (tertiary alicyclic amines) is 1. The Bertz CT molecular complexity index is 737. The zero-order valence-corrected chi connectivity index (χ0v) is 15.8. The first kappa shape index (κ1) is 17.8. The van der Waals surface area contributed by atoms with E-state index in [4.69, 9.17) is 4.74 Å². The lowest BCUT2D eigenvalue weighted by Crippen LogP contribution is -2.38. The minimum Gasteiger partial charge on any atom is -0.507 e. The molecule has 2 aromatic rings. The van der Waals surface area contributed by atoms with Crippen LogP contribution in [0.3, 0.4) is 0 Å². The molecule has 0 spiro atoms. The maximum atomic E-state index is 12.6. The van der Waals surface area contributed by atoms with E-state index < -0.39 is 0 Å². The van der Waals surface area contributed by atoms with Crippen molar-refractivity contribution < 1.29 is 14.6 Å². The summed E-state index contributed by atoms with van der Waals surface area (Å²) in [6.07, 6.45) is 2.98. The maximum absolute atomic E-state index is 12.6. The highest BCUT2D eigenvalue weighted by atomic mass is 79.9. The smallest absolute Gasteiger partial charge is 0.257 e. The number of carbonyl (C=O) groups is 1. The molecule has 1 heterocycles. The molecule has 0 saturated carbocycles. The standard InChI is InChI=1S/C20H22BrNO3/c1-25-17-5-2-14(3-6-17)12-15-8-10-22(11-9-15)20(24)18-13-16(21)4-7-19(18)23/h2-7,13,15,23H,8-12H2,1H3. The van der Waals surface area contributed by atoms with Gasteiger partial charge in [0, 0.05) is 17.6 Å². The SMILES string of the molecule is COc1ccc(CC2CCN(C(=O)c3cc(Br)ccc3O)CC2)cc1. The summed E-state index contributed by atoms with van der Waals surface area (Å²) in [5.41, 5.74) is 1.66. The zero-order chi connectivity index (χ0) is 17.8. The lowest BCUT2D eigenvalue weighted by atomic mass is 9.90.